The minimum Gasteiger partial charge on any atom is -0.394 e. The lowest BCUT2D eigenvalue weighted by atomic mass is 9.77. The number of rotatable bonds is 5. The molecule has 0 bridgehead atoms. The van der Waals surface area contributed by atoms with Crippen LogP contribution in [-0.4, -0.2) is 23.8 Å². The second kappa shape index (κ2) is 5.98. The minimum absolute atomic E-state index is 0.00626. The molecule has 1 aliphatic carbocycles. The normalized spacial score (nSPS) is 29.4. The molecule has 1 heterocycles. The predicted octanol–water partition coefficient (Wildman–Crippen LogP) is 2.82. The quantitative estimate of drug-likeness (QED) is 0.846. The van der Waals surface area contributed by atoms with Crippen molar-refractivity contribution in [2.45, 2.75) is 44.6 Å². The fraction of sp³-hybridized carbons (Fsp3) is 0.714. The number of thiophene rings is 1. The molecule has 0 saturated heterocycles. The van der Waals surface area contributed by atoms with Crippen molar-refractivity contribution in [3.8, 4) is 0 Å². The van der Waals surface area contributed by atoms with Gasteiger partial charge in [-0.2, -0.15) is 11.3 Å². The van der Waals surface area contributed by atoms with Gasteiger partial charge in [-0.15, -0.1) is 0 Å². The summed E-state index contributed by atoms with van der Waals surface area (Å²) in [6.45, 7) is 3.55. The van der Waals surface area contributed by atoms with Gasteiger partial charge in [0.25, 0.3) is 0 Å². The van der Waals surface area contributed by atoms with Gasteiger partial charge in [-0.3, -0.25) is 0 Å². The summed E-state index contributed by atoms with van der Waals surface area (Å²) < 4.78 is 0. The van der Waals surface area contributed by atoms with Crippen molar-refractivity contribution in [3.63, 3.8) is 0 Å². The van der Waals surface area contributed by atoms with Crippen molar-refractivity contribution in [1.29, 1.82) is 0 Å². The molecule has 2 unspecified atom stereocenters. The van der Waals surface area contributed by atoms with Crippen molar-refractivity contribution < 1.29 is 5.11 Å². The first kappa shape index (κ1) is 13.1. The highest BCUT2D eigenvalue weighted by Crippen LogP contribution is 2.31. The summed E-state index contributed by atoms with van der Waals surface area (Å²) in [6, 6.07) is 2.18. The van der Waals surface area contributed by atoms with Crippen LogP contribution in [0.4, 0.5) is 0 Å². The first-order chi connectivity index (χ1) is 8.24. The third-order valence-electron chi connectivity index (χ3n) is 3.89. The molecule has 0 radical (unpaired) electrons. The van der Waals surface area contributed by atoms with Crippen molar-refractivity contribution in [2.75, 3.05) is 13.2 Å². The maximum absolute atomic E-state index is 9.66. The molecule has 17 heavy (non-hydrogen) atoms. The van der Waals surface area contributed by atoms with Crippen molar-refractivity contribution in [1.82, 2.24) is 5.32 Å². The summed E-state index contributed by atoms with van der Waals surface area (Å²) in [7, 11) is 0. The van der Waals surface area contributed by atoms with Crippen LogP contribution >= 0.6 is 11.3 Å². The van der Waals surface area contributed by atoms with Crippen molar-refractivity contribution in [3.05, 3.63) is 22.4 Å². The Labute approximate surface area is 108 Å². The maximum Gasteiger partial charge on any atom is 0.0613 e. The SMILES string of the molecule is CC1CCCC(CO)(NCCc2ccsc2)C1. The number of nitrogens with one attached hydrogen (secondary N) is 1. The van der Waals surface area contributed by atoms with Crippen LogP contribution in [0.15, 0.2) is 16.8 Å². The monoisotopic (exact) mass is 253 g/mol. The van der Waals surface area contributed by atoms with E-state index in [1.54, 1.807) is 11.3 Å². The minimum atomic E-state index is -0.00626. The van der Waals surface area contributed by atoms with Gasteiger partial charge in [-0.1, -0.05) is 19.8 Å². The highest BCUT2D eigenvalue weighted by molar-refractivity contribution is 7.07. The fourth-order valence-electron chi connectivity index (χ4n) is 2.93. The summed E-state index contributed by atoms with van der Waals surface area (Å²) in [6.07, 6.45) is 5.87. The average Bonchev–Trinajstić information content (AvgIpc) is 2.82. The zero-order chi connectivity index (χ0) is 12.1. The van der Waals surface area contributed by atoms with Gasteiger partial charge in [0.15, 0.2) is 0 Å². The van der Waals surface area contributed by atoms with Crippen molar-refractivity contribution in [2.24, 2.45) is 5.92 Å². The Morgan fingerprint density at radius 2 is 2.47 bits per heavy atom. The zero-order valence-corrected chi connectivity index (χ0v) is 11.4. The Balaban J connectivity index is 1.82. The Bertz CT molecular complexity index is 325. The molecule has 1 aromatic rings. The molecule has 2 nitrogen and oxygen atoms in total. The number of aliphatic hydroxyl groups excluding tert-OH is 1. The van der Waals surface area contributed by atoms with Crippen LogP contribution in [-0.2, 0) is 6.42 Å². The molecule has 2 rings (SSSR count). The smallest absolute Gasteiger partial charge is 0.0613 e. The molecule has 1 aliphatic rings. The van der Waals surface area contributed by atoms with E-state index in [1.807, 2.05) is 0 Å². The second-order valence-electron chi connectivity index (χ2n) is 5.45. The summed E-state index contributed by atoms with van der Waals surface area (Å²) in [4.78, 5) is 0. The molecule has 2 atom stereocenters. The third-order valence-corrected chi connectivity index (χ3v) is 4.62. The lowest BCUT2D eigenvalue weighted by molar-refractivity contribution is 0.100. The molecule has 3 heteroatoms. The van der Waals surface area contributed by atoms with E-state index in [0.717, 1.165) is 31.7 Å². The van der Waals surface area contributed by atoms with Crippen molar-refractivity contribution >= 4 is 11.3 Å². The molecule has 0 amide bonds. The van der Waals surface area contributed by atoms with Crippen LogP contribution in [0.2, 0.25) is 0 Å². The van der Waals surface area contributed by atoms with Crippen LogP contribution in [0.3, 0.4) is 0 Å². The molecular weight excluding hydrogens is 230 g/mol. The average molecular weight is 253 g/mol. The maximum atomic E-state index is 9.66. The molecule has 1 fully saturated rings. The Morgan fingerprint density at radius 1 is 1.59 bits per heavy atom. The summed E-state index contributed by atoms with van der Waals surface area (Å²) in [5, 5.41) is 17.6. The molecule has 96 valence electrons. The van der Waals surface area contributed by atoms with E-state index in [4.69, 9.17) is 0 Å². The van der Waals surface area contributed by atoms with E-state index in [9.17, 15) is 5.11 Å². The van der Waals surface area contributed by atoms with Crippen LogP contribution < -0.4 is 5.32 Å². The molecule has 2 N–H and O–H groups in total. The van der Waals surface area contributed by atoms with E-state index in [0.29, 0.717) is 0 Å². The lowest BCUT2D eigenvalue weighted by Gasteiger charge is -2.39. The van der Waals surface area contributed by atoms with Gasteiger partial charge < -0.3 is 10.4 Å². The fourth-order valence-corrected chi connectivity index (χ4v) is 3.63. The standard InChI is InChI=1S/C14H23NOS/c1-12-3-2-6-14(9-12,11-16)15-7-4-13-5-8-17-10-13/h5,8,10,12,15-16H,2-4,6-7,9,11H2,1H3. The first-order valence-electron chi connectivity index (χ1n) is 6.61. The van der Waals surface area contributed by atoms with Gasteiger partial charge in [0.1, 0.15) is 0 Å². The van der Waals surface area contributed by atoms with Crippen LogP contribution in [0.25, 0.3) is 0 Å². The topological polar surface area (TPSA) is 32.3 Å². The van der Waals surface area contributed by atoms with Gasteiger partial charge in [0.2, 0.25) is 0 Å². The summed E-state index contributed by atoms with van der Waals surface area (Å²) >= 11 is 1.75. The van der Waals surface area contributed by atoms with Crippen LogP contribution in [0, 0.1) is 5.92 Å². The molecular formula is C14H23NOS. The second-order valence-corrected chi connectivity index (χ2v) is 6.23. The van der Waals surface area contributed by atoms with E-state index >= 15 is 0 Å². The van der Waals surface area contributed by atoms with Gasteiger partial charge in [0.05, 0.1) is 6.61 Å². The van der Waals surface area contributed by atoms with Crippen LogP contribution in [0.5, 0.6) is 0 Å². The number of hydrogen-bond donors (Lipinski definition) is 2. The molecule has 0 spiro atoms. The Morgan fingerprint density at radius 3 is 3.12 bits per heavy atom. The van der Waals surface area contributed by atoms with E-state index in [-0.39, 0.29) is 12.1 Å². The van der Waals surface area contributed by atoms with Gasteiger partial charge in [0, 0.05) is 5.54 Å². The van der Waals surface area contributed by atoms with E-state index < -0.39 is 0 Å². The Hall–Kier alpha value is -0.380. The molecule has 1 saturated carbocycles. The highest BCUT2D eigenvalue weighted by Gasteiger charge is 2.33. The number of aliphatic hydroxyl groups is 1. The van der Waals surface area contributed by atoms with Gasteiger partial charge in [-0.05, 0) is 54.1 Å². The van der Waals surface area contributed by atoms with E-state index in [1.165, 1.54) is 18.4 Å². The van der Waals surface area contributed by atoms with E-state index in [2.05, 4.69) is 29.1 Å². The summed E-state index contributed by atoms with van der Waals surface area (Å²) in [5.74, 6) is 0.740. The molecule has 1 aromatic heterocycles. The van der Waals surface area contributed by atoms with Crippen LogP contribution in [0.1, 0.15) is 38.2 Å². The zero-order valence-electron chi connectivity index (χ0n) is 10.6. The Kier molecular flexibility index (Phi) is 4.60. The molecule has 0 aromatic carbocycles. The first-order valence-corrected chi connectivity index (χ1v) is 7.55. The predicted molar refractivity (Wildman–Crippen MR) is 73.5 cm³/mol. The third kappa shape index (κ3) is 3.54. The summed E-state index contributed by atoms with van der Waals surface area (Å²) in [5.41, 5.74) is 1.40. The molecule has 0 aliphatic heterocycles. The largest absolute Gasteiger partial charge is 0.394 e. The highest BCUT2D eigenvalue weighted by atomic mass is 32.1. The lowest BCUT2D eigenvalue weighted by Crippen LogP contribution is -2.52. The number of hydrogen-bond acceptors (Lipinski definition) is 3. The van der Waals surface area contributed by atoms with Gasteiger partial charge in [-0.25, -0.2) is 0 Å². The van der Waals surface area contributed by atoms with Gasteiger partial charge >= 0.3 is 0 Å².